The number of nitrogens with one attached hydrogen (secondary N) is 1. The molecule has 0 bridgehead atoms. The van der Waals surface area contributed by atoms with Crippen LogP contribution in [0.5, 0.6) is 0 Å². The monoisotopic (exact) mass is 371 g/mol. The second kappa shape index (κ2) is 6.93. The normalized spacial score (nSPS) is 14.2. The highest BCUT2D eigenvalue weighted by molar-refractivity contribution is 6.30. The van der Waals surface area contributed by atoms with E-state index in [1.807, 2.05) is 4.90 Å². The first kappa shape index (κ1) is 16.8. The predicted molar refractivity (Wildman–Crippen MR) is 95.1 cm³/mol. The lowest BCUT2D eigenvalue weighted by Gasteiger charge is -2.27. The zero-order chi connectivity index (χ0) is 18.1. The predicted octanol–water partition coefficient (Wildman–Crippen LogP) is 2.58. The Hall–Kier alpha value is -2.64. The van der Waals surface area contributed by atoms with Gasteiger partial charge in [-0.15, -0.1) is 0 Å². The summed E-state index contributed by atoms with van der Waals surface area (Å²) in [5.74, 6) is 0.116. The van der Waals surface area contributed by atoms with E-state index >= 15 is 0 Å². The highest BCUT2D eigenvalue weighted by atomic mass is 35.5. The van der Waals surface area contributed by atoms with Crippen LogP contribution in [0.15, 0.2) is 41.6 Å². The average Bonchev–Trinajstić information content (AvgIpc) is 2.66. The van der Waals surface area contributed by atoms with Crippen LogP contribution >= 0.6 is 11.6 Å². The molecule has 4 rings (SSSR count). The number of aromatic amines is 1. The number of nitrogens with zero attached hydrogens (tertiary/aromatic N) is 4. The number of pyridine rings is 2. The first-order valence-electron chi connectivity index (χ1n) is 8.15. The van der Waals surface area contributed by atoms with E-state index in [1.54, 1.807) is 24.5 Å². The molecule has 1 N–H and O–H groups in total. The van der Waals surface area contributed by atoms with Gasteiger partial charge >= 0.3 is 0 Å². The summed E-state index contributed by atoms with van der Waals surface area (Å²) in [5.41, 5.74) is 2.69. The van der Waals surface area contributed by atoms with Crippen molar-refractivity contribution in [3.63, 3.8) is 0 Å². The van der Waals surface area contributed by atoms with Crippen LogP contribution in [0.1, 0.15) is 16.8 Å². The molecule has 0 fully saturated rings. The van der Waals surface area contributed by atoms with Crippen LogP contribution in [0.25, 0.3) is 11.4 Å². The standard InChI is InChI=1S/C18H15ClFN5O/c19-16-12(7-13(20)8-22-16)9-25-6-3-15-14(10-25)18(26)24-17(23-15)11-1-4-21-5-2-11/h1-2,4-5,7-8H,3,6,9-10H2,(H,23,24,26). The Morgan fingerprint density at radius 2 is 2.12 bits per heavy atom. The van der Waals surface area contributed by atoms with Crippen LogP contribution < -0.4 is 5.56 Å². The average molecular weight is 372 g/mol. The van der Waals surface area contributed by atoms with Crippen molar-refractivity contribution in [2.24, 2.45) is 0 Å². The van der Waals surface area contributed by atoms with Crippen LogP contribution in [0.3, 0.4) is 0 Å². The van der Waals surface area contributed by atoms with Gasteiger partial charge in [0.2, 0.25) is 0 Å². The molecular weight excluding hydrogens is 357 g/mol. The van der Waals surface area contributed by atoms with E-state index < -0.39 is 5.82 Å². The summed E-state index contributed by atoms with van der Waals surface area (Å²) in [7, 11) is 0. The summed E-state index contributed by atoms with van der Waals surface area (Å²) in [4.78, 5) is 29.8. The number of rotatable bonds is 3. The van der Waals surface area contributed by atoms with Crippen molar-refractivity contribution < 1.29 is 4.39 Å². The molecule has 0 amide bonds. The van der Waals surface area contributed by atoms with E-state index in [1.165, 1.54) is 6.07 Å². The molecule has 132 valence electrons. The molecule has 0 saturated carbocycles. The molecule has 0 spiro atoms. The van der Waals surface area contributed by atoms with Gasteiger partial charge in [-0.2, -0.15) is 0 Å². The minimum absolute atomic E-state index is 0.157. The molecule has 0 aromatic carbocycles. The summed E-state index contributed by atoms with van der Waals surface area (Å²) in [5, 5.41) is 0.275. The van der Waals surface area contributed by atoms with Gasteiger partial charge in [-0.3, -0.25) is 14.7 Å². The fourth-order valence-corrected chi connectivity index (χ4v) is 3.24. The van der Waals surface area contributed by atoms with Crippen LogP contribution in [-0.4, -0.2) is 31.4 Å². The molecule has 0 atom stereocenters. The van der Waals surface area contributed by atoms with Crippen molar-refractivity contribution in [1.29, 1.82) is 0 Å². The SMILES string of the molecule is O=c1[nH]c(-c2ccncc2)nc2c1CN(Cc1cc(F)cnc1Cl)CC2. The summed E-state index contributed by atoms with van der Waals surface area (Å²) in [6.07, 6.45) is 5.05. The van der Waals surface area contributed by atoms with Crippen molar-refractivity contribution in [2.75, 3.05) is 6.54 Å². The molecular formula is C18H15ClFN5O. The molecule has 26 heavy (non-hydrogen) atoms. The number of halogens is 2. The van der Waals surface area contributed by atoms with Crippen molar-refractivity contribution in [2.45, 2.75) is 19.5 Å². The first-order valence-corrected chi connectivity index (χ1v) is 8.52. The third-order valence-corrected chi connectivity index (χ3v) is 4.71. The highest BCUT2D eigenvalue weighted by Crippen LogP contribution is 2.22. The lowest BCUT2D eigenvalue weighted by Crippen LogP contribution is -2.35. The quantitative estimate of drug-likeness (QED) is 0.716. The van der Waals surface area contributed by atoms with E-state index in [2.05, 4.69) is 19.9 Å². The largest absolute Gasteiger partial charge is 0.306 e. The Kier molecular flexibility index (Phi) is 4.48. The minimum atomic E-state index is -0.427. The van der Waals surface area contributed by atoms with Gasteiger partial charge in [-0.25, -0.2) is 14.4 Å². The zero-order valence-electron chi connectivity index (χ0n) is 13.7. The molecule has 1 aliphatic heterocycles. The van der Waals surface area contributed by atoms with Crippen molar-refractivity contribution in [1.82, 2.24) is 24.8 Å². The summed E-state index contributed by atoms with van der Waals surface area (Å²) in [6, 6.07) is 4.98. The molecule has 0 aliphatic carbocycles. The Balaban J connectivity index is 1.59. The Bertz CT molecular complexity index is 1010. The van der Waals surface area contributed by atoms with E-state index in [0.29, 0.717) is 43.0 Å². The maximum Gasteiger partial charge on any atom is 0.255 e. The Labute approximate surface area is 153 Å². The van der Waals surface area contributed by atoms with Gasteiger partial charge in [0, 0.05) is 49.6 Å². The Morgan fingerprint density at radius 1 is 1.31 bits per heavy atom. The third-order valence-electron chi connectivity index (χ3n) is 4.37. The second-order valence-corrected chi connectivity index (χ2v) is 6.50. The molecule has 4 heterocycles. The van der Waals surface area contributed by atoms with Crippen LogP contribution in [0.2, 0.25) is 5.15 Å². The Morgan fingerprint density at radius 3 is 2.92 bits per heavy atom. The second-order valence-electron chi connectivity index (χ2n) is 6.14. The van der Waals surface area contributed by atoms with Gasteiger partial charge in [0.15, 0.2) is 0 Å². The maximum absolute atomic E-state index is 13.4. The fourth-order valence-electron chi connectivity index (χ4n) is 3.08. The highest BCUT2D eigenvalue weighted by Gasteiger charge is 2.22. The van der Waals surface area contributed by atoms with Crippen molar-refractivity contribution >= 4 is 11.6 Å². The lowest BCUT2D eigenvalue weighted by molar-refractivity contribution is 0.241. The fraction of sp³-hybridized carbons (Fsp3) is 0.222. The third kappa shape index (κ3) is 3.36. The van der Waals surface area contributed by atoms with Crippen molar-refractivity contribution in [3.8, 4) is 11.4 Å². The van der Waals surface area contributed by atoms with E-state index in [0.717, 1.165) is 17.5 Å². The maximum atomic E-state index is 13.4. The number of fused-ring (bicyclic) bond motifs is 1. The van der Waals surface area contributed by atoms with Gasteiger partial charge in [-0.05, 0) is 18.2 Å². The molecule has 8 heteroatoms. The number of aromatic nitrogens is 4. The zero-order valence-corrected chi connectivity index (χ0v) is 14.5. The summed E-state index contributed by atoms with van der Waals surface area (Å²) < 4.78 is 13.4. The van der Waals surface area contributed by atoms with Gasteiger partial charge in [0.05, 0.1) is 17.5 Å². The van der Waals surface area contributed by atoms with Crippen molar-refractivity contribution in [3.05, 3.63) is 74.9 Å². The summed E-state index contributed by atoms with van der Waals surface area (Å²) >= 11 is 6.05. The van der Waals surface area contributed by atoms with Gasteiger partial charge in [0.25, 0.3) is 5.56 Å². The van der Waals surface area contributed by atoms with Gasteiger partial charge < -0.3 is 4.98 Å². The first-order chi connectivity index (χ1) is 12.6. The van der Waals surface area contributed by atoms with Crippen LogP contribution in [-0.2, 0) is 19.5 Å². The van der Waals surface area contributed by atoms with E-state index in [-0.39, 0.29) is 10.7 Å². The summed E-state index contributed by atoms with van der Waals surface area (Å²) in [6.45, 7) is 1.56. The molecule has 0 unspecified atom stereocenters. The van der Waals surface area contributed by atoms with E-state index in [4.69, 9.17) is 11.6 Å². The van der Waals surface area contributed by atoms with Gasteiger partial charge in [0.1, 0.15) is 16.8 Å². The molecule has 3 aromatic heterocycles. The molecule has 6 nitrogen and oxygen atoms in total. The lowest BCUT2D eigenvalue weighted by atomic mass is 10.1. The van der Waals surface area contributed by atoms with E-state index in [9.17, 15) is 9.18 Å². The van der Waals surface area contributed by atoms with Crippen LogP contribution in [0, 0.1) is 5.82 Å². The minimum Gasteiger partial charge on any atom is -0.306 e. The number of H-pyrrole nitrogens is 1. The van der Waals surface area contributed by atoms with Gasteiger partial charge in [-0.1, -0.05) is 11.6 Å². The molecule has 0 saturated heterocycles. The topological polar surface area (TPSA) is 74.8 Å². The number of hydrogen-bond acceptors (Lipinski definition) is 5. The molecule has 0 radical (unpaired) electrons. The molecule has 3 aromatic rings. The van der Waals surface area contributed by atoms with Crippen LogP contribution in [0.4, 0.5) is 4.39 Å². The number of hydrogen-bond donors (Lipinski definition) is 1. The molecule has 1 aliphatic rings. The smallest absolute Gasteiger partial charge is 0.255 e.